The van der Waals surface area contributed by atoms with Gasteiger partial charge in [0.15, 0.2) is 11.5 Å². The Balaban J connectivity index is 2.34. The molecular formula is C13H20O2. The molecule has 0 aliphatic heterocycles. The van der Waals surface area contributed by atoms with Gasteiger partial charge in [-0.1, -0.05) is 44.7 Å². The van der Waals surface area contributed by atoms with Crippen molar-refractivity contribution in [1.82, 2.24) is 0 Å². The lowest BCUT2D eigenvalue weighted by Gasteiger charge is -2.05. The monoisotopic (exact) mass is 208 g/mol. The lowest BCUT2D eigenvalue weighted by atomic mass is 10.0. The molecule has 0 radical (unpaired) electrons. The van der Waals surface area contributed by atoms with Crippen LogP contribution in [0.15, 0.2) is 18.2 Å². The topological polar surface area (TPSA) is 40.5 Å². The van der Waals surface area contributed by atoms with Crippen LogP contribution in [0.2, 0.25) is 0 Å². The van der Waals surface area contributed by atoms with Crippen LogP contribution in [-0.4, -0.2) is 10.2 Å². The molecule has 2 heteroatoms. The van der Waals surface area contributed by atoms with Gasteiger partial charge in [0.05, 0.1) is 0 Å². The number of unbranched alkanes of at least 4 members (excludes halogenated alkanes) is 4. The molecule has 0 saturated heterocycles. The van der Waals surface area contributed by atoms with E-state index in [9.17, 15) is 10.2 Å². The summed E-state index contributed by atoms with van der Waals surface area (Å²) in [7, 11) is 0. The van der Waals surface area contributed by atoms with Crippen molar-refractivity contribution in [2.45, 2.75) is 45.4 Å². The van der Waals surface area contributed by atoms with Gasteiger partial charge in [-0.3, -0.25) is 0 Å². The van der Waals surface area contributed by atoms with E-state index in [1.807, 2.05) is 6.07 Å². The Morgan fingerprint density at radius 1 is 1.00 bits per heavy atom. The zero-order chi connectivity index (χ0) is 11.1. The molecule has 0 aromatic heterocycles. The van der Waals surface area contributed by atoms with Crippen LogP contribution in [0.3, 0.4) is 0 Å². The highest BCUT2D eigenvalue weighted by Crippen LogP contribution is 2.29. The second kappa shape index (κ2) is 6.33. The number of benzene rings is 1. The molecule has 84 valence electrons. The molecule has 0 fully saturated rings. The van der Waals surface area contributed by atoms with Crippen molar-refractivity contribution >= 4 is 0 Å². The fraction of sp³-hybridized carbons (Fsp3) is 0.538. The van der Waals surface area contributed by atoms with Crippen LogP contribution < -0.4 is 0 Å². The average Bonchev–Trinajstić information content (AvgIpc) is 2.24. The first kappa shape index (κ1) is 11.9. The van der Waals surface area contributed by atoms with Gasteiger partial charge in [-0.25, -0.2) is 0 Å². The van der Waals surface area contributed by atoms with Gasteiger partial charge in [0.2, 0.25) is 0 Å². The summed E-state index contributed by atoms with van der Waals surface area (Å²) in [6.45, 7) is 2.20. The molecule has 1 aromatic carbocycles. The fourth-order valence-electron chi connectivity index (χ4n) is 1.70. The van der Waals surface area contributed by atoms with Gasteiger partial charge in [-0.05, 0) is 24.5 Å². The Morgan fingerprint density at radius 2 is 1.73 bits per heavy atom. The van der Waals surface area contributed by atoms with Gasteiger partial charge in [-0.2, -0.15) is 0 Å². The van der Waals surface area contributed by atoms with E-state index in [1.54, 1.807) is 6.07 Å². The summed E-state index contributed by atoms with van der Waals surface area (Å²) >= 11 is 0. The molecule has 15 heavy (non-hydrogen) atoms. The minimum Gasteiger partial charge on any atom is -0.504 e. The minimum absolute atomic E-state index is 0.0129. The van der Waals surface area contributed by atoms with Crippen molar-refractivity contribution in [3.63, 3.8) is 0 Å². The van der Waals surface area contributed by atoms with Crippen molar-refractivity contribution in [1.29, 1.82) is 0 Å². The number of phenolic OH excluding ortho intramolecular Hbond substituents is 2. The van der Waals surface area contributed by atoms with Crippen molar-refractivity contribution in [3.8, 4) is 11.5 Å². The summed E-state index contributed by atoms with van der Waals surface area (Å²) in [5, 5.41) is 18.8. The van der Waals surface area contributed by atoms with E-state index >= 15 is 0 Å². The van der Waals surface area contributed by atoms with Crippen LogP contribution in [0.4, 0.5) is 0 Å². The van der Waals surface area contributed by atoms with Crippen LogP contribution in [0.25, 0.3) is 0 Å². The highest BCUT2D eigenvalue weighted by atomic mass is 16.3. The molecule has 0 aliphatic carbocycles. The van der Waals surface area contributed by atoms with Crippen LogP contribution in [0.1, 0.15) is 44.6 Å². The highest BCUT2D eigenvalue weighted by molar-refractivity contribution is 5.44. The average molecular weight is 208 g/mol. The van der Waals surface area contributed by atoms with Crippen LogP contribution in [0, 0.1) is 0 Å². The van der Waals surface area contributed by atoms with Crippen LogP contribution >= 0.6 is 0 Å². The molecule has 2 nitrogen and oxygen atoms in total. The lowest BCUT2D eigenvalue weighted by Crippen LogP contribution is -1.87. The summed E-state index contributed by atoms with van der Waals surface area (Å²) in [5.41, 5.74) is 0.853. The van der Waals surface area contributed by atoms with E-state index in [1.165, 1.54) is 31.7 Å². The summed E-state index contributed by atoms with van der Waals surface area (Å²) < 4.78 is 0. The summed E-state index contributed by atoms with van der Waals surface area (Å²) in [6, 6.07) is 5.15. The highest BCUT2D eigenvalue weighted by Gasteiger charge is 2.04. The molecule has 0 amide bonds. The first-order chi connectivity index (χ1) is 7.25. The number of aromatic hydroxyl groups is 2. The molecule has 2 N–H and O–H groups in total. The van der Waals surface area contributed by atoms with E-state index in [0.717, 1.165) is 18.4 Å². The van der Waals surface area contributed by atoms with Crippen molar-refractivity contribution in [2.75, 3.05) is 0 Å². The predicted octanol–water partition coefficient (Wildman–Crippen LogP) is 3.61. The molecule has 0 aliphatic rings. The first-order valence-electron chi connectivity index (χ1n) is 5.75. The number of phenols is 2. The Kier molecular flexibility index (Phi) is 5.02. The third-order valence-electron chi connectivity index (χ3n) is 2.65. The third-order valence-corrected chi connectivity index (χ3v) is 2.65. The predicted molar refractivity (Wildman–Crippen MR) is 62.2 cm³/mol. The number of aryl methyl sites for hydroxylation is 1. The number of rotatable bonds is 6. The zero-order valence-corrected chi connectivity index (χ0v) is 9.37. The maximum absolute atomic E-state index is 9.55. The molecule has 0 bridgehead atoms. The molecule has 0 heterocycles. The van der Waals surface area contributed by atoms with E-state index in [-0.39, 0.29) is 11.5 Å². The minimum atomic E-state index is -0.0129. The Bertz CT molecular complexity index is 295. The van der Waals surface area contributed by atoms with Crippen molar-refractivity contribution < 1.29 is 10.2 Å². The molecule has 0 spiro atoms. The van der Waals surface area contributed by atoms with E-state index in [2.05, 4.69) is 6.92 Å². The SMILES string of the molecule is CCCCCCCc1cccc(O)c1O. The Labute approximate surface area is 91.6 Å². The van der Waals surface area contributed by atoms with Gasteiger partial charge < -0.3 is 10.2 Å². The Hall–Kier alpha value is -1.18. The maximum Gasteiger partial charge on any atom is 0.160 e. The number of hydrogen-bond donors (Lipinski definition) is 2. The van der Waals surface area contributed by atoms with E-state index in [4.69, 9.17) is 0 Å². The van der Waals surface area contributed by atoms with Crippen LogP contribution in [-0.2, 0) is 6.42 Å². The molecule has 0 saturated carbocycles. The maximum atomic E-state index is 9.55. The van der Waals surface area contributed by atoms with Gasteiger partial charge in [0.25, 0.3) is 0 Å². The van der Waals surface area contributed by atoms with E-state index < -0.39 is 0 Å². The number of para-hydroxylation sites is 1. The smallest absolute Gasteiger partial charge is 0.160 e. The van der Waals surface area contributed by atoms with Gasteiger partial charge >= 0.3 is 0 Å². The van der Waals surface area contributed by atoms with Gasteiger partial charge in [-0.15, -0.1) is 0 Å². The Morgan fingerprint density at radius 3 is 2.47 bits per heavy atom. The standard InChI is InChI=1S/C13H20O2/c1-2-3-4-5-6-8-11-9-7-10-12(14)13(11)15/h7,9-10,14-15H,2-6,8H2,1H3. The molecular weight excluding hydrogens is 188 g/mol. The van der Waals surface area contributed by atoms with Crippen molar-refractivity contribution in [3.05, 3.63) is 23.8 Å². The van der Waals surface area contributed by atoms with Crippen LogP contribution in [0.5, 0.6) is 11.5 Å². The normalized spacial score (nSPS) is 10.5. The van der Waals surface area contributed by atoms with Gasteiger partial charge in [0.1, 0.15) is 0 Å². The van der Waals surface area contributed by atoms with Gasteiger partial charge in [0, 0.05) is 0 Å². The zero-order valence-electron chi connectivity index (χ0n) is 9.37. The molecule has 0 unspecified atom stereocenters. The second-order valence-electron chi connectivity index (χ2n) is 3.95. The fourth-order valence-corrected chi connectivity index (χ4v) is 1.70. The van der Waals surface area contributed by atoms with E-state index in [0.29, 0.717) is 0 Å². The molecule has 0 atom stereocenters. The second-order valence-corrected chi connectivity index (χ2v) is 3.95. The largest absolute Gasteiger partial charge is 0.504 e. The lowest BCUT2D eigenvalue weighted by molar-refractivity contribution is 0.398. The summed E-state index contributed by atoms with van der Waals surface area (Å²) in [6.07, 6.45) is 6.92. The summed E-state index contributed by atoms with van der Waals surface area (Å²) in [4.78, 5) is 0. The number of hydrogen-bond acceptors (Lipinski definition) is 2. The molecule has 1 aromatic rings. The quantitative estimate of drug-likeness (QED) is 0.554. The molecule has 1 rings (SSSR count). The summed E-state index contributed by atoms with van der Waals surface area (Å²) in [5.74, 6) is 0.0362. The first-order valence-corrected chi connectivity index (χ1v) is 5.75. The van der Waals surface area contributed by atoms with Crippen molar-refractivity contribution in [2.24, 2.45) is 0 Å². The third kappa shape index (κ3) is 3.82.